The van der Waals surface area contributed by atoms with Gasteiger partial charge < -0.3 is 28.8 Å². The van der Waals surface area contributed by atoms with E-state index in [9.17, 15) is 9.59 Å². The molecule has 218 valence electrons. The second-order valence-electron chi connectivity index (χ2n) is 12.4. The van der Waals surface area contributed by atoms with Crippen molar-refractivity contribution < 1.29 is 19.1 Å². The fraction of sp³-hybridized carbons (Fsp3) is 0.533. The zero-order chi connectivity index (χ0) is 29.1. The molecule has 0 unspecified atom stereocenters. The second kappa shape index (κ2) is 10.1. The molecule has 2 fully saturated rings. The number of ether oxygens (including phenoxy) is 2. The molecule has 1 aromatic carbocycles. The Morgan fingerprint density at radius 3 is 2.61 bits per heavy atom. The SMILES string of the molecule is COc1cc(C(=O)N2CCC[C@@H](NC(=O)OC(C)(C)C)C2)cc2nc(-c3cc4cnn(C)c4n3CC3CC3)n(C)c12. The number of aryl methyl sites for hydroxylation is 2. The molecule has 4 heterocycles. The minimum absolute atomic E-state index is 0.109. The Hall–Kier alpha value is -4.02. The number of alkyl carbamates (subject to hydrolysis) is 1. The topological polar surface area (TPSA) is 108 Å². The van der Waals surface area contributed by atoms with Gasteiger partial charge in [-0.25, -0.2) is 9.78 Å². The number of imidazole rings is 1. The molecule has 0 bridgehead atoms. The summed E-state index contributed by atoms with van der Waals surface area (Å²) in [7, 11) is 5.58. The van der Waals surface area contributed by atoms with Crippen LogP contribution >= 0.6 is 0 Å². The summed E-state index contributed by atoms with van der Waals surface area (Å²) in [6, 6.07) is 5.63. The Morgan fingerprint density at radius 1 is 1.12 bits per heavy atom. The smallest absolute Gasteiger partial charge is 0.407 e. The van der Waals surface area contributed by atoms with E-state index in [0.29, 0.717) is 35.8 Å². The predicted octanol–water partition coefficient (Wildman–Crippen LogP) is 4.48. The van der Waals surface area contributed by atoms with Gasteiger partial charge in [0.2, 0.25) is 0 Å². The van der Waals surface area contributed by atoms with Crippen LogP contribution < -0.4 is 10.1 Å². The van der Waals surface area contributed by atoms with Crippen molar-refractivity contribution in [3.63, 3.8) is 0 Å². The molecule has 41 heavy (non-hydrogen) atoms. The molecule has 0 spiro atoms. The summed E-state index contributed by atoms with van der Waals surface area (Å²) in [6.45, 7) is 7.46. The molecule has 3 aromatic heterocycles. The number of rotatable bonds is 6. The summed E-state index contributed by atoms with van der Waals surface area (Å²) < 4.78 is 17.5. The van der Waals surface area contributed by atoms with Gasteiger partial charge in [0.25, 0.3) is 5.91 Å². The first-order chi connectivity index (χ1) is 19.5. The average Bonchev–Trinajstić information content (AvgIpc) is 3.44. The average molecular weight is 562 g/mol. The summed E-state index contributed by atoms with van der Waals surface area (Å²) in [5, 5.41) is 8.47. The van der Waals surface area contributed by atoms with E-state index in [1.165, 1.54) is 12.8 Å². The maximum atomic E-state index is 13.7. The van der Waals surface area contributed by atoms with E-state index in [0.717, 1.165) is 47.5 Å². The Kier molecular flexibility index (Phi) is 6.70. The monoisotopic (exact) mass is 561 g/mol. The number of fused-ring (bicyclic) bond motifs is 2. The van der Waals surface area contributed by atoms with E-state index in [4.69, 9.17) is 14.5 Å². The van der Waals surface area contributed by atoms with E-state index >= 15 is 0 Å². The van der Waals surface area contributed by atoms with Crippen LogP contribution in [0.5, 0.6) is 5.75 Å². The molecule has 6 rings (SSSR count). The van der Waals surface area contributed by atoms with Gasteiger partial charge in [-0.1, -0.05) is 0 Å². The molecule has 1 N–H and O–H groups in total. The van der Waals surface area contributed by atoms with E-state index in [1.54, 1.807) is 18.1 Å². The molecule has 0 radical (unpaired) electrons. The number of carbonyl (C=O) groups excluding carboxylic acids is 2. The van der Waals surface area contributed by atoms with Crippen LogP contribution in [0.3, 0.4) is 0 Å². The van der Waals surface area contributed by atoms with E-state index in [1.807, 2.05) is 51.8 Å². The van der Waals surface area contributed by atoms with Crippen molar-refractivity contribution >= 4 is 34.1 Å². The van der Waals surface area contributed by atoms with Crippen molar-refractivity contribution in [1.29, 1.82) is 0 Å². The lowest BCUT2D eigenvalue weighted by molar-refractivity contribution is 0.0452. The van der Waals surface area contributed by atoms with Crippen LogP contribution in [-0.4, -0.2) is 72.6 Å². The first-order valence-electron chi connectivity index (χ1n) is 14.4. The van der Waals surface area contributed by atoms with Crippen molar-refractivity contribution in [1.82, 2.24) is 34.1 Å². The molecule has 11 nitrogen and oxygen atoms in total. The normalized spacial score (nSPS) is 17.8. The first kappa shape index (κ1) is 27.2. The molecule has 11 heteroatoms. The van der Waals surface area contributed by atoms with Gasteiger partial charge in [0.1, 0.15) is 22.5 Å². The van der Waals surface area contributed by atoms with Crippen LogP contribution in [0.4, 0.5) is 4.79 Å². The van der Waals surface area contributed by atoms with Crippen molar-refractivity contribution in [2.75, 3.05) is 20.2 Å². The van der Waals surface area contributed by atoms with Gasteiger partial charge in [-0.15, -0.1) is 0 Å². The van der Waals surface area contributed by atoms with Crippen LogP contribution in [-0.2, 0) is 25.4 Å². The van der Waals surface area contributed by atoms with Gasteiger partial charge in [0.05, 0.1) is 24.5 Å². The van der Waals surface area contributed by atoms with Crippen molar-refractivity contribution in [2.45, 2.75) is 64.6 Å². The number of hydrogen-bond acceptors (Lipinski definition) is 6. The number of amides is 2. The number of likely N-dealkylation sites (tertiary alicyclic amines) is 1. The highest BCUT2D eigenvalue weighted by molar-refractivity contribution is 6.00. The zero-order valence-electron chi connectivity index (χ0n) is 24.7. The molecule has 1 atom stereocenters. The minimum Gasteiger partial charge on any atom is -0.494 e. The van der Waals surface area contributed by atoms with Crippen LogP contribution in [0.25, 0.3) is 33.6 Å². The maximum Gasteiger partial charge on any atom is 0.407 e. The van der Waals surface area contributed by atoms with Crippen molar-refractivity contribution in [3.05, 3.63) is 30.0 Å². The summed E-state index contributed by atoms with van der Waals surface area (Å²) in [5.74, 6) is 1.98. The van der Waals surface area contributed by atoms with Crippen LogP contribution in [0, 0.1) is 5.92 Å². The lowest BCUT2D eigenvalue weighted by atomic mass is 10.0. The minimum atomic E-state index is -0.578. The fourth-order valence-electron chi connectivity index (χ4n) is 5.90. The number of benzene rings is 1. The molecule has 2 amide bonds. The summed E-state index contributed by atoms with van der Waals surface area (Å²) in [6.07, 6.45) is 5.49. The number of hydrogen-bond donors (Lipinski definition) is 1. The van der Waals surface area contributed by atoms with Gasteiger partial charge in [-0.05, 0) is 70.6 Å². The van der Waals surface area contributed by atoms with Gasteiger partial charge in [-0.3, -0.25) is 9.48 Å². The molecule has 1 aliphatic carbocycles. The number of nitrogens with zero attached hydrogens (tertiary/aromatic N) is 6. The Balaban J connectivity index is 1.31. The van der Waals surface area contributed by atoms with Crippen LogP contribution in [0.15, 0.2) is 24.4 Å². The maximum absolute atomic E-state index is 13.7. The Morgan fingerprint density at radius 2 is 1.90 bits per heavy atom. The third kappa shape index (κ3) is 5.25. The molecule has 2 aliphatic rings. The molecule has 4 aromatic rings. The molecule has 1 saturated heterocycles. The highest BCUT2D eigenvalue weighted by Crippen LogP contribution is 2.38. The third-order valence-electron chi connectivity index (χ3n) is 7.97. The Labute approximate surface area is 239 Å². The van der Waals surface area contributed by atoms with Gasteiger partial charge in [0.15, 0.2) is 5.82 Å². The third-order valence-corrected chi connectivity index (χ3v) is 7.97. The number of piperidine rings is 1. The van der Waals surface area contributed by atoms with Crippen molar-refractivity contribution in [2.24, 2.45) is 20.0 Å². The van der Waals surface area contributed by atoms with Crippen molar-refractivity contribution in [3.8, 4) is 17.3 Å². The van der Waals surface area contributed by atoms with Gasteiger partial charge in [0, 0.05) is 50.7 Å². The van der Waals surface area contributed by atoms with Gasteiger partial charge >= 0.3 is 6.09 Å². The number of nitrogens with one attached hydrogen (secondary N) is 1. The molecule has 1 saturated carbocycles. The Bertz CT molecular complexity index is 1640. The first-order valence-corrected chi connectivity index (χ1v) is 14.4. The highest BCUT2D eigenvalue weighted by Gasteiger charge is 2.30. The molecule has 1 aliphatic heterocycles. The molecular weight excluding hydrogens is 522 g/mol. The standard InChI is InChI=1S/C30H39N7O4/c1-30(2,3)41-29(39)32-21-8-7-11-36(17-21)28(38)19-12-22-25(24(14-19)40-6)34(4)26(33-22)23-13-20-15-31-35(5)27(20)37(23)16-18-9-10-18/h12-15,18,21H,7-11,16-17H2,1-6H3,(H,32,39)/t21-/m1/s1. The highest BCUT2D eigenvalue weighted by atomic mass is 16.6. The van der Waals surface area contributed by atoms with Crippen LogP contribution in [0.1, 0.15) is 56.8 Å². The second-order valence-corrected chi connectivity index (χ2v) is 12.4. The van der Waals surface area contributed by atoms with E-state index in [-0.39, 0.29) is 11.9 Å². The fourth-order valence-corrected chi connectivity index (χ4v) is 5.90. The number of aromatic nitrogens is 5. The lowest BCUT2D eigenvalue weighted by Gasteiger charge is -2.33. The summed E-state index contributed by atoms with van der Waals surface area (Å²) >= 11 is 0. The van der Waals surface area contributed by atoms with E-state index in [2.05, 4.69) is 25.6 Å². The predicted molar refractivity (Wildman–Crippen MR) is 156 cm³/mol. The number of carbonyl (C=O) groups is 2. The summed E-state index contributed by atoms with van der Waals surface area (Å²) in [4.78, 5) is 32.9. The number of methoxy groups -OCH3 is 1. The summed E-state index contributed by atoms with van der Waals surface area (Å²) in [5.41, 5.74) is 3.59. The van der Waals surface area contributed by atoms with Gasteiger partial charge in [-0.2, -0.15) is 5.10 Å². The lowest BCUT2D eigenvalue weighted by Crippen LogP contribution is -2.50. The molecular formula is C30H39N7O4. The van der Waals surface area contributed by atoms with Crippen LogP contribution in [0.2, 0.25) is 0 Å². The zero-order valence-corrected chi connectivity index (χ0v) is 24.7. The van der Waals surface area contributed by atoms with E-state index < -0.39 is 11.7 Å². The quantitative estimate of drug-likeness (QED) is 0.372. The largest absolute Gasteiger partial charge is 0.494 e.